The van der Waals surface area contributed by atoms with Gasteiger partial charge >= 0.3 is 0 Å². The summed E-state index contributed by atoms with van der Waals surface area (Å²) in [5.74, 6) is 0.980. The van der Waals surface area contributed by atoms with Crippen LogP contribution in [0.25, 0.3) is 0 Å². The molecular formula is C15H26N4S. The minimum absolute atomic E-state index is 0.436. The SMILES string of the molecule is CCNC(=NCC(c1cccs1)N1CCCC1)N(C)C. The van der Waals surface area contributed by atoms with Crippen molar-refractivity contribution in [3.63, 3.8) is 0 Å². The zero-order valence-electron chi connectivity index (χ0n) is 12.8. The molecule has 112 valence electrons. The topological polar surface area (TPSA) is 30.9 Å². The molecule has 1 fully saturated rings. The Morgan fingerprint density at radius 3 is 2.75 bits per heavy atom. The predicted molar refractivity (Wildman–Crippen MR) is 87.5 cm³/mol. The number of thiophene rings is 1. The molecule has 2 rings (SSSR count). The van der Waals surface area contributed by atoms with Crippen LogP contribution in [0.5, 0.6) is 0 Å². The fourth-order valence-corrected chi connectivity index (χ4v) is 3.46. The van der Waals surface area contributed by atoms with Crippen LogP contribution in [0.3, 0.4) is 0 Å². The van der Waals surface area contributed by atoms with Crippen molar-refractivity contribution in [1.82, 2.24) is 15.1 Å². The highest BCUT2D eigenvalue weighted by Gasteiger charge is 2.24. The first-order valence-electron chi connectivity index (χ1n) is 7.45. The third-order valence-corrected chi connectivity index (χ3v) is 4.60. The highest BCUT2D eigenvalue weighted by atomic mass is 32.1. The van der Waals surface area contributed by atoms with Crippen molar-refractivity contribution in [1.29, 1.82) is 0 Å². The van der Waals surface area contributed by atoms with E-state index in [-0.39, 0.29) is 0 Å². The van der Waals surface area contributed by atoms with E-state index in [1.165, 1.54) is 30.8 Å². The first kappa shape index (κ1) is 15.3. The van der Waals surface area contributed by atoms with Crippen molar-refractivity contribution in [2.24, 2.45) is 4.99 Å². The van der Waals surface area contributed by atoms with E-state index in [4.69, 9.17) is 4.99 Å². The molecule has 0 saturated carbocycles. The van der Waals surface area contributed by atoms with Gasteiger partial charge in [0.15, 0.2) is 5.96 Å². The molecule has 1 aromatic heterocycles. The summed E-state index contributed by atoms with van der Waals surface area (Å²) in [5, 5.41) is 5.50. The van der Waals surface area contributed by atoms with E-state index >= 15 is 0 Å². The van der Waals surface area contributed by atoms with E-state index in [2.05, 4.69) is 39.6 Å². The number of hydrogen-bond donors (Lipinski definition) is 1. The third kappa shape index (κ3) is 3.96. The Kier molecular flexibility index (Phi) is 5.86. The van der Waals surface area contributed by atoms with E-state index in [1.54, 1.807) is 0 Å². The second-order valence-corrected chi connectivity index (χ2v) is 6.34. The number of hydrogen-bond acceptors (Lipinski definition) is 3. The monoisotopic (exact) mass is 294 g/mol. The third-order valence-electron chi connectivity index (χ3n) is 3.63. The van der Waals surface area contributed by atoms with E-state index in [0.717, 1.165) is 19.0 Å². The molecule has 0 bridgehead atoms. The van der Waals surface area contributed by atoms with Crippen molar-refractivity contribution in [2.45, 2.75) is 25.8 Å². The smallest absolute Gasteiger partial charge is 0.193 e. The van der Waals surface area contributed by atoms with Crippen LogP contribution in [-0.4, -0.2) is 56.0 Å². The number of nitrogens with zero attached hydrogens (tertiary/aromatic N) is 3. The van der Waals surface area contributed by atoms with Gasteiger partial charge in [-0.05, 0) is 44.3 Å². The molecule has 1 aromatic rings. The fraction of sp³-hybridized carbons (Fsp3) is 0.667. The van der Waals surface area contributed by atoms with Crippen molar-refractivity contribution in [3.8, 4) is 0 Å². The van der Waals surface area contributed by atoms with Crippen LogP contribution in [0.1, 0.15) is 30.7 Å². The van der Waals surface area contributed by atoms with Crippen molar-refractivity contribution in [2.75, 3.05) is 40.3 Å². The summed E-state index contributed by atoms with van der Waals surface area (Å²) in [6.45, 7) is 6.26. The Morgan fingerprint density at radius 1 is 1.45 bits per heavy atom. The minimum atomic E-state index is 0.436. The summed E-state index contributed by atoms with van der Waals surface area (Å²) in [6.07, 6.45) is 2.64. The quantitative estimate of drug-likeness (QED) is 0.668. The zero-order chi connectivity index (χ0) is 14.4. The summed E-state index contributed by atoms with van der Waals surface area (Å²) in [4.78, 5) is 10.9. The maximum Gasteiger partial charge on any atom is 0.193 e. The highest BCUT2D eigenvalue weighted by molar-refractivity contribution is 7.10. The molecular weight excluding hydrogens is 268 g/mol. The lowest BCUT2D eigenvalue weighted by molar-refractivity contribution is 0.254. The molecule has 5 heteroatoms. The van der Waals surface area contributed by atoms with Crippen molar-refractivity contribution in [3.05, 3.63) is 22.4 Å². The van der Waals surface area contributed by atoms with E-state index in [9.17, 15) is 0 Å². The standard InChI is InChI=1S/C15H26N4S/c1-4-16-15(18(2)3)17-12-13(14-8-7-11-20-14)19-9-5-6-10-19/h7-8,11,13H,4-6,9-10,12H2,1-3H3,(H,16,17). The number of likely N-dealkylation sites (tertiary alicyclic amines) is 1. The van der Waals surface area contributed by atoms with E-state index < -0.39 is 0 Å². The summed E-state index contributed by atoms with van der Waals surface area (Å²) in [7, 11) is 4.08. The maximum atomic E-state index is 4.81. The number of aliphatic imine (C=N–C) groups is 1. The highest BCUT2D eigenvalue weighted by Crippen LogP contribution is 2.28. The van der Waals surface area contributed by atoms with E-state index in [1.807, 2.05) is 25.4 Å². The molecule has 1 saturated heterocycles. The lowest BCUT2D eigenvalue weighted by Gasteiger charge is -2.26. The van der Waals surface area contributed by atoms with Gasteiger partial charge in [0.1, 0.15) is 0 Å². The lowest BCUT2D eigenvalue weighted by atomic mass is 10.2. The Labute approximate surface area is 126 Å². The summed E-state index contributed by atoms with van der Waals surface area (Å²) >= 11 is 1.85. The van der Waals surface area contributed by atoms with Crippen LogP contribution >= 0.6 is 11.3 Å². The lowest BCUT2D eigenvalue weighted by Crippen LogP contribution is -2.37. The number of rotatable bonds is 5. The zero-order valence-corrected chi connectivity index (χ0v) is 13.6. The molecule has 0 aliphatic carbocycles. The molecule has 0 aromatic carbocycles. The van der Waals surface area contributed by atoms with Gasteiger partial charge in [0.2, 0.25) is 0 Å². The minimum Gasteiger partial charge on any atom is -0.357 e. The van der Waals surface area contributed by atoms with Crippen LogP contribution < -0.4 is 5.32 Å². The van der Waals surface area contributed by atoms with Gasteiger partial charge in [-0.25, -0.2) is 0 Å². The van der Waals surface area contributed by atoms with Crippen LogP contribution in [0, 0.1) is 0 Å². The van der Waals surface area contributed by atoms with Gasteiger partial charge in [0.25, 0.3) is 0 Å². The Hall–Kier alpha value is -1.07. The largest absolute Gasteiger partial charge is 0.357 e. The van der Waals surface area contributed by atoms with Crippen LogP contribution in [0.2, 0.25) is 0 Å². The first-order valence-corrected chi connectivity index (χ1v) is 8.33. The van der Waals surface area contributed by atoms with Gasteiger partial charge in [0, 0.05) is 25.5 Å². The maximum absolute atomic E-state index is 4.81. The van der Waals surface area contributed by atoms with Crippen molar-refractivity contribution >= 4 is 17.3 Å². The van der Waals surface area contributed by atoms with Gasteiger partial charge in [-0.1, -0.05) is 6.07 Å². The molecule has 2 heterocycles. The second kappa shape index (κ2) is 7.64. The van der Waals surface area contributed by atoms with Gasteiger partial charge in [-0.3, -0.25) is 9.89 Å². The predicted octanol–water partition coefficient (Wildman–Crippen LogP) is 2.41. The average molecular weight is 294 g/mol. The molecule has 1 unspecified atom stereocenters. The normalized spacial score (nSPS) is 18.2. The molecule has 0 radical (unpaired) electrons. The Bertz CT molecular complexity index is 408. The number of guanidine groups is 1. The molecule has 1 N–H and O–H groups in total. The van der Waals surface area contributed by atoms with Crippen molar-refractivity contribution < 1.29 is 0 Å². The van der Waals surface area contributed by atoms with Crippen LogP contribution in [0.15, 0.2) is 22.5 Å². The first-order chi connectivity index (χ1) is 9.72. The van der Waals surface area contributed by atoms with Crippen LogP contribution in [0.4, 0.5) is 0 Å². The summed E-state index contributed by atoms with van der Waals surface area (Å²) in [6, 6.07) is 4.82. The Morgan fingerprint density at radius 2 is 2.20 bits per heavy atom. The average Bonchev–Trinajstić information content (AvgIpc) is 3.11. The molecule has 0 amide bonds. The molecule has 1 aliphatic rings. The molecule has 4 nitrogen and oxygen atoms in total. The van der Waals surface area contributed by atoms with Gasteiger partial charge in [-0.2, -0.15) is 0 Å². The summed E-state index contributed by atoms with van der Waals surface area (Å²) < 4.78 is 0. The van der Waals surface area contributed by atoms with Crippen LogP contribution in [-0.2, 0) is 0 Å². The van der Waals surface area contributed by atoms with Gasteiger partial charge in [-0.15, -0.1) is 11.3 Å². The van der Waals surface area contributed by atoms with Gasteiger partial charge in [0.05, 0.1) is 12.6 Å². The van der Waals surface area contributed by atoms with Gasteiger partial charge < -0.3 is 10.2 Å². The second-order valence-electron chi connectivity index (χ2n) is 5.36. The molecule has 20 heavy (non-hydrogen) atoms. The molecule has 0 spiro atoms. The number of nitrogens with one attached hydrogen (secondary N) is 1. The molecule has 1 aliphatic heterocycles. The van der Waals surface area contributed by atoms with E-state index in [0.29, 0.717) is 6.04 Å². The molecule has 1 atom stereocenters. The summed E-state index contributed by atoms with van der Waals surface area (Å²) in [5.41, 5.74) is 0. The fourth-order valence-electron chi connectivity index (χ4n) is 2.61. The Balaban J connectivity index is 2.09.